The fraction of sp³-hybridized carbons (Fsp3) is 0.308. The number of rotatable bonds is 3. The number of carbonyl (C=O) groups is 3. The average Bonchev–Trinajstić information content (AvgIpc) is 2.77. The highest BCUT2D eigenvalue weighted by Crippen LogP contribution is 2.22. The van der Waals surface area contributed by atoms with Crippen LogP contribution >= 0.6 is 0 Å². The fourth-order valence-electron chi connectivity index (χ4n) is 2.47. The second-order valence-electron chi connectivity index (χ2n) is 5.25. The third-order valence-electron chi connectivity index (χ3n) is 3.73. The number of sulfonamides is 1. The molecule has 2 saturated heterocycles. The normalized spacial score (nSPS) is 18.8. The van der Waals surface area contributed by atoms with Crippen molar-refractivity contribution in [2.75, 3.05) is 19.7 Å². The quantitative estimate of drug-likeness (QED) is 0.763. The Morgan fingerprint density at radius 1 is 1.17 bits per heavy atom. The standard InChI is InChI=1S/C13H13N3O6S/c14-23(20,21)10-3-1-8(2-4-10)12(18)15-5-9(6-15)16-11(17)7-22-13(16)19/h1-4,9H,5-7H2,(H2,14,20,21). The zero-order valence-corrected chi connectivity index (χ0v) is 12.7. The molecule has 1 aromatic rings. The molecule has 3 amide bonds. The Morgan fingerprint density at radius 2 is 1.78 bits per heavy atom. The lowest BCUT2D eigenvalue weighted by atomic mass is 10.1. The van der Waals surface area contributed by atoms with Crippen molar-refractivity contribution < 1.29 is 27.5 Å². The molecule has 2 aliphatic heterocycles. The Balaban J connectivity index is 1.65. The molecule has 0 spiro atoms. The van der Waals surface area contributed by atoms with Gasteiger partial charge in [0, 0.05) is 18.7 Å². The summed E-state index contributed by atoms with van der Waals surface area (Å²) in [5.41, 5.74) is 0.297. The Bertz CT molecular complexity index is 766. The summed E-state index contributed by atoms with van der Waals surface area (Å²) in [4.78, 5) is 37.5. The number of cyclic esters (lactones) is 1. The molecule has 0 unspecified atom stereocenters. The smallest absolute Gasteiger partial charge is 0.417 e. The third kappa shape index (κ3) is 2.78. The number of hydrogen-bond acceptors (Lipinski definition) is 6. The molecule has 9 nitrogen and oxygen atoms in total. The largest absolute Gasteiger partial charge is 0.439 e. The molecule has 10 heteroatoms. The minimum absolute atomic E-state index is 0.0825. The van der Waals surface area contributed by atoms with Crippen LogP contribution in [0.2, 0.25) is 0 Å². The lowest BCUT2D eigenvalue weighted by Gasteiger charge is -2.41. The fourth-order valence-corrected chi connectivity index (χ4v) is 2.99. The van der Waals surface area contributed by atoms with E-state index in [4.69, 9.17) is 5.14 Å². The van der Waals surface area contributed by atoms with Gasteiger partial charge in [-0.25, -0.2) is 23.3 Å². The second-order valence-corrected chi connectivity index (χ2v) is 6.81. The van der Waals surface area contributed by atoms with E-state index < -0.39 is 22.0 Å². The van der Waals surface area contributed by atoms with Crippen LogP contribution < -0.4 is 5.14 Å². The van der Waals surface area contributed by atoms with E-state index >= 15 is 0 Å². The molecule has 2 fully saturated rings. The number of benzene rings is 1. The van der Waals surface area contributed by atoms with Crippen molar-refractivity contribution in [2.45, 2.75) is 10.9 Å². The maximum absolute atomic E-state index is 12.2. The van der Waals surface area contributed by atoms with Gasteiger partial charge in [-0.1, -0.05) is 0 Å². The number of ether oxygens (including phenoxy) is 1. The van der Waals surface area contributed by atoms with Gasteiger partial charge >= 0.3 is 6.09 Å². The number of nitrogens with zero attached hydrogens (tertiary/aromatic N) is 2. The van der Waals surface area contributed by atoms with Gasteiger partial charge in [-0.3, -0.25) is 9.59 Å². The number of carbonyl (C=O) groups excluding carboxylic acids is 3. The lowest BCUT2D eigenvalue weighted by Crippen LogP contribution is -2.62. The Kier molecular flexibility index (Phi) is 3.57. The summed E-state index contributed by atoms with van der Waals surface area (Å²) in [6, 6.07) is 4.85. The first kappa shape index (κ1) is 15.4. The van der Waals surface area contributed by atoms with Gasteiger partial charge in [0.25, 0.3) is 11.8 Å². The highest BCUT2D eigenvalue weighted by Gasteiger charge is 2.44. The minimum atomic E-state index is -3.81. The predicted octanol–water partition coefficient (Wildman–Crippen LogP) is -0.863. The topological polar surface area (TPSA) is 127 Å². The van der Waals surface area contributed by atoms with Gasteiger partial charge in [-0.15, -0.1) is 0 Å². The van der Waals surface area contributed by atoms with Crippen molar-refractivity contribution in [1.82, 2.24) is 9.80 Å². The van der Waals surface area contributed by atoms with E-state index in [0.29, 0.717) is 5.56 Å². The molecule has 0 radical (unpaired) electrons. The van der Waals surface area contributed by atoms with Crippen LogP contribution in [0, 0.1) is 0 Å². The number of hydrogen-bond donors (Lipinski definition) is 1. The highest BCUT2D eigenvalue weighted by molar-refractivity contribution is 7.89. The maximum atomic E-state index is 12.2. The molecule has 0 atom stereocenters. The van der Waals surface area contributed by atoms with E-state index in [-0.39, 0.29) is 36.5 Å². The van der Waals surface area contributed by atoms with Gasteiger partial charge in [-0.2, -0.15) is 0 Å². The van der Waals surface area contributed by atoms with E-state index in [1.165, 1.54) is 29.2 Å². The van der Waals surface area contributed by atoms with Crippen LogP contribution in [0.5, 0.6) is 0 Å². The zero-order chi connectivity index (χ0) is 16.8. The molecule has 0 aromatic heterocycles. The molecule has 2 N–H and O–H groups in total. The number of nitrogens with two attached hydrogens (primary N) is 1. The van der Waals surface area contributed by atoms with Gasteiger partial charge in [0.1, 0.15) is 0 Å². The van der Waals surface area contributed by atoms with Crippen molar-refractivity contribution >= 4 is 27.9 Å². The van der Waals surface area contributed by atoms with Crippen LogP contribution in [0.15, 0.2) is 29.2 Å². The molecule has 2 aliphatic rings. The van der Waals surface area contributed by atoms with Gasteiger partial charge in [0.05, 0.1) is 10.9 Å². The average molecular weight is 339 g/mol. The van der Waals surface area contributed by atoms with Crippen LogP contribution in [0.4, 0.5) is 4.79 Å². The van der Waals surface area contributed by atoms with Crippen LogP contribution in [-0.4, -0.2) is 61.9 Å². The minimum Gasteiger partial charge on any atom is -0.439 e. The van der Waals surface area contributed by atoms with Gasteiger partial charge in [0.2, 0.25) is 10.0 Å². The van der Waals surface area contributed by atoms with Crippen molar-refractivity contribution in [2.24, 2.45) is 5.14 Å². The molecule has 0 saturated carbocycles. The molecule has 0 aliphatic carbocycles. The van der Waals surface area contributed by atoms with Gasteiger partial charge < -0.3 is 9.64 Å². The van der Waals surface area contributed by atoms with Crippen LogP contribution in [-0.2, 0) is 19.6 Å². The monoisotopic (exact) mass is 339 g/mol. The van der Waals surface area contributed by atoms with Crippen molar-refractivity contribution in [1.29, 1.82) is 0 Å². The number of likely N-dealkylation sites (tertiary alicyclic amines) is 1. The van der Waals surface area contributed by atoms with Crippen LogP contribution in [0.25, 0.3) is 0 Å². The molecular formula is C13H13N3O6S. The Labute approximate surface area is 131 Å². The molecular weight excluding hydrogens is 326 g/mol. The summed E-state index contributed by atoms with van der Waals surface area (Å²) in [6.07, 6.45) is -0.690. The van der Waals surface area contributed by atoms with E-state index in [0.717, 1.165) is 4.90 Å². The molecule has 122 valence electrons. The first-order chi connectivity index (χ1) is 10.8. The van der Waals surface area contributed by atoms with Crippen LogP contribution in [0.1, 0.15) is 10.4 Å². The summed E-state index contributed by atoms with van der Waals surface area (Å²) < 4.78 is 27.0. The Morgan fingerprint density at radius 3 is 2.26 bits per heavy atom. The lowest BCUT2D eigenvalue weighted by molar-refractivity contribution is -0.129. The SMILES string of the molecule is NS(=O)(=O)c1ccc(C(=O)N2CC(N3C(=O)COC3=O)C2)cc1. The number of amides is 3. The molecule has 2 heterocycles. The summed E-state index contributed by atoms with van der Waals surface area (Å²) in [7, 11) is -3.81. The number of primary sulfonamides is 1. The van der Waals surface area contributed by atoms with E-state index in [1.54, 1.807) is 0 Å². The first-order valence-corrected chi connectivity index (χ1v) is 8.23. The summed E-state index contributed by atoms with van der Waals surface area (Å²) in [6.45, 7) is 0.172. The van der Waals surface area contributed by atoms with Crippen molar-refractivity contribution in [3.63, 3.8) is 0 Å². The zero-order valence-electron chi connectivity index (χ0n) is 11.8. The van der Waals surface area contributed by atoms with Crippen molar-refractivity contribution in [3.05, 3.63) is 29.8 Å². The second kappa shape index (κ2) is 5.32. The van der Waals surface area contributed by atoms with Gasteiger partial charge in [-0.05, 0) is 24.3 Å². The molecule has 0 bridgehead atoms. The van der Waals surface area contributed by atoms with Crippen molar-refractivity contribution in [3.8, 4) is 0 Å². The maximum Gasteiger partial charge on any atom is 0.417 e. The summed E-state index contributed by atoms with van der Waals surface area (Å²) >= 11 is 0. The summed E-state index contributed by atoms with van der Waals surface area (Å²) in [5.74, 6) is -0.730. The van der Waals surface area contributed by atoms with E-state index in [1.807, 2.05) is 0 Å². The third-order valence-corrected chi connectivity index (χ3v) is 4.66. The Hall–Kier alpha value is -2.46. The number of imide groups is 1. The van der Waals surface area contributed by atoms with Crippen LogP contribution in [0.3, 0.4) is 0 Å². The highest BCUT2D eigenvalue weighted by atomic mass is 32.2. The van der Waals surface area contributed by atoms with Gasteiger partial charge in [0.15, 0.2) is 6.61 Å². The molecule has 3 rings (SSSR count). The summed E-state index contributed by atoms with van der Waals surface area (Å²) in [5, 5.41) is 4.99. The first-order valence-electron chi connectivity index (χ1n) is 6.68. The predicted molar refractivity (Wildman–Crippen MR) is 75.7 cm³/mol. The van der Waals surface area contributed by atoms with E-state index in [9.17, 15) is 22.8 Å². The molecule has 1 aromatic carbocycles. The molecule has 23 heavy (non-hydrogen) atoms. The van der Waals surface area contributed by atoms with E-state index in [2.05, 4.69) is 4.74 Å².